The van der Waals surface area contributed by atoms with Gasteiger partial charge in [-0.15, -0.1) is 0 Å². The summed E-state index contributed by atoms with van der Waals surface area (Å²) >= 11 is 0. The van der Waals surface area contributed by atoms with Gasteiger partial charge in [-0.25, -0.2) is 0 Å². The third-order valence-corrected chi connectivity index (χ3v) is 4.82. The van der Waals surface area contributed by atoms with Crippen molar-refractivity contribution in [1.29, 1.82) is 0 Å². The van der Waals surface area contributed by atoms with Crippen LogP contribution in [0.3, 0.4) is 0 Å². The fraction of sp³-hybridized carbons (Fsp3) is 0.333. The highest BCUT2D eigenvalue weighted by Gasteiger charge is 2.24. The molecule has 0 atom stereocenters. The lowest BCUT2D eigenvalue weighted by atomic mass is 10.1. The lowest BCUT2D eigenvalue weighted by molar-refractivity contribution is -0.385. The molecule has 1 heterocycles. The highest BCUT2D eigenvalue weighted by molar-refractivity contribution is 5.99. The van der Waals surface area contributed by atoms with Crippen LogP contribution in [0.25, 0.3) is 0 Å². The van der Waals surface area contributed by atoms with Gasteiger partial charge in [-0.2, -0.15) is 0 Å². The molecule has 2 aromatic carbocycles. The van der Waals surface area contributed by atoms with Crippen molar-refractivity contribution in [3.8, 4) is 11.5 Å². The number of piperazine rings is 1. The number of methoxy groups -OCH3 is 1. The predicted octanol–water partition coefficient (Wildman–Crippen LogP) is 1.87. The Morgan fingerprint density at radius 2 is 2.00 bits per heavy atom. The summed E-state index contributed by atoms with van der Waals surface area (Å²) in [7, 11) is 1.40. The molecule has 0 aromatic heterocycles. The minimum atomic E-state index is -0.625. The van der Waals surface area contributed by atoms with E-state index in [2.05, 4.69) is 10.6 Å². The summed E-state index contributed by atoms with van der Waals surface area (Å²) in [6.45, 7) is 3.87. The van der Waals surface area contributed by atoms with Gasteiger partial charge in [0, 0.05) is 31.4 Å². The fourth-order valence-corrected chi connectivity index (χ4v) is 3.27. The van der Waals surface area contributed by atoms with Gasteiger partial charge in [-0.05, 0) is 24.6 Å². The minimum absolute atomic E-state index is 0.0185. The summed E-state index contributed by atoms with van der Waals surface area (Å²) in [6.07, 6.45) is 0. The van der Waals surface area contributed by atoms with Crippen LogP contribution in [-0.4, -0.2) is 50.1 Å². The van der Waals surface area contributed by atoms with Gasteiger partial charge >= 0.3 is 0 Å². The molecule has 2 aromatic rings. The molecule has 2 N–H and O–H groups in total. The second-order valence-electron chi connectivity index (χ2n) is 6.83. The summed E-state index contributed by atoms with van der Waals surface area (Å²) in [5, 5.41) is 16.9. The molecule has 10 heteroatoms. The van der Waals surface area contributed by atoms with E-state index in [1.807, 2.05) is 29.2 Å². The SMILES string of the molecule is CCOc1cc([N+](=O)[O-])c(C(=O)NCc2ccc(N3CCNC(=O)C3)cc2)cc1OC. The number of nitrogens with one attached hydrogen (secondary N) is 2. The Hall–Kier alpha value is -3.82. The van der Waals surface area contributed by atoms with Crippen LogP contribution >= 0.6 is 0 Å². The van der Waals surface area contributed by atoms with Crippen LogP contribution < -0.4 is 25.0 Å². The first-order valence-corrected chi connectivity index (χ1v) is 9.81. The molecular formula is C21H24N4O6. The van der Waals surface area contributed by atoms with Crippen LogP contribution in [0.5, 0.6) is 11.5 Å². The van der Waals surface area contributed by atoms with Crippen LogP contribution in [0.2, 0.25) is 0 Å². The summed E-state index contributed by atoms with van der Waals surface area (Å²) in [6, 6.07) is 9.94. The molecule has 1 aliphatic heterocycles. The van der Waals surface area contributed by atoms with Gasteiger partial charge in [0.15, 0.2) is 11.5 Å². The Labute approximate surface area is 179 Å². The third-order valence-electron chi connectivity index (χ3n) is 4.82. The largest absolute Gasteiger partial charge is 0.493 e. The molecule has 31 heavy (non-hydrogen) atoms. The number of carbonyl (C=O) groups is 2. The van der Waals surface area contributed by atoms with Crippen LogP contribution in [0.1, 0.15) is 22.8 Å². The van der Waals surface area contributed by atoms with Crippen molar-refractivity contribution in [2.75, 3.05) is 38.3 Å². The van der Waals surface area contributed by atoms with E-state index in [-0.39, 0.29) is 35.2 Å². The number of anilines is 1. The number of carbonyl (C=O) groups excluding carboxylic acids is 2. The quantitative estimate of drug-likeness (QED) is 0.486. The molecule has 0 unspecified atom stereocenters. The molecule has 0 saturated carbocycles. The molecule has 2 amide bonds. The van der Waals surface area contributed by atoms with E-state index in [1.165, 1.54) is 19.2 Å². The highest BCUT2D eigenvalue weighted by atomic mass is 16.6. The molecular weight excluding hydrogens is 404 g/mol. The number of amides is 2. The van der Waals surface area contributed by atoms with Crippen molar-refractivity contribution in [3.05, 3.63) is 57.6 Å². The van der Waals surface area contributed by atoms with Crippen LogP contribution in [0.4, 0.5) is 11.4 Å². The topological polar surface area (TPSA) is 123 Å². The Bertz CT molecular complexity index is 977. The molecule has 1 aliphatic rings. The maximum atomic E-state index is 12.7. The Morgan fingerprint density at radius 1 is 1.26 bits per heavy atom. The summed E-state index contributed by atoms with van der Waals surface area (Å²) < 4.78 is 10.6. The molecule has 0 spiro atoms. The molecule has 0 radical (unpaired) electrons. The van der Waals surface area contributed by atoms with Gasteiger partial charge in [0.05, 0.1) is 31.3 Å². The van der Waals surface area contributed by atoms with Crippen LogP contribution in [0.15, 0.2) is 36.4 Å². The van der Waals surface area contributed by atoms with E-state index in [4.69, 9.17) is 9.47 Å². The van der Waals surface area contributed by atoms with E-state index in [1.54, 1.807) is 6.92 Å². The van der Waals surface area contributed by atoms with Crippen molar-refractivity contribution in [1.82, 2.24) is 10.6 Å². The smallest absolute Gasteiger partial charge is 0.286 e. The van der Waals surface area contributed by atoms with E-state index < -0.39 is 10.8 Å². The van der Waals surface area contributed by atoms with Crippen LogP contribution in [0, 0.1) is 10.1 Å². The predicted molar refractivity (Wildman–Crippen MR) is 114 cm³/mol. The molecule has 0 bridgehead atoms. The van der Waals surface area contributed by atoms with Crippen molar-refractivity contribution < 1.29 is 24.0 Å². The second-order valence-corrected chi connectivity index (χ2v) is 6.83. The number of benzene rings is 2. The van der Waals surface area contributed by atoms with E-state index in [9.17, 15) is 19.7 Å². The van der Waals surface area contributed by atoms with Gasteiger partial charge in [-0.1, -0.05) is 12.1 Å². The monoisotopic (exact) mass is 428 g/mol. The van der Waals surface area contributed by atoms with Crippen molar-refractivity contribution in [2.45, 2.75) is 13.5 Å². The molecule has 1 fully saturated rings. The van der Waals surface area contributed by atoms with E-state index >= 15 is 0 Å². The molecule has 10 nitrogen and oxygen atoms in total. The van der Waals surface area contributed by atoms with Crippen molar-refractivity contribution in [3.63, 3.8) is 0 Å². The summed E-state index contributed by atoms with van der Waals surface area (Å²) in [5.41, 5.74) is 1.26. The van der Waals surface area contributed by atoms with E-state index in [0.717, 1.165) is 17.8 Å². The average Bonchev–Trinajstić information content (AvgIpc) is 2.77. The van der Waals surface area contributed by atoms with Gasteiger partial charge in [0.2, 0.25) is 5.91 Å². The molecule has 3 rings (SSSR count). The number of nitro benzene ring substituents is 1. The first-order chi connectivity index (χ1) is 14.9. The number of rotatable bonds is 8. The lowest BCUT2D eigenvalue weighted by Gasteiger charge is -2.28. The minimum Gasteiger partial charge on any atom is -0.493 e. The standard InChI is InChI=1S/C21H24N4O6/c1-3-31-19-11-17(25(28)29)16(10-18(19)30-2)21(27)23-12-14-4-6-15(7-5-14)24-9-8-22-20(26)13-24/h4-7,10-11H,3,8-9,12-13H2,1-2H3,(H,22,26)(H,23,27). The lowest BCUT2D eigenvalue weighted by Crippen LogP contribution is -2.47. The first-order valence-electron chi connectivity index (χ1n) is 9.81. The zero-order valence-electron chi connectivity index (χ0n) is 17.3. The average molecular weight is 428 g/mol. The number of hydrogen-bond donors (Lipinski definition) is 2. The highest BCUT2D eigenvalue weighted by Crippen LogP contribution is 2.34. The molecule has 0 aliphatic carbocycles. The van der Waals surface area contributed by atoms with Gasteiger partial charge in [0.25, 0.3) is 11.6 Å². The summed E-state index contributed by atoms with van der Waals surface area (Å²) in [4.78, 5) is 37.0. The second kappa shape index (κ2) is 9.79. The maximum Gasteiger partial charge on any atom is 0.286 e. The normalized spacial score (nSPS) is 13.4. The van der Waals surface area contributed by atoms with Gasteiger partial charge in [-0.3, -0.25) is 19.7 Å². The number of ether oxygens (including phenoxy) is 2. The molecule has 164 valence electrons. The zero-order chi connectivity index (χ0) is 22.4. The van der Waals surface area contributed by atoms with E-state index in [0.29, 0.717) is 19.7 Å². The summed E-state index contributed by atoms with van der Waals surface area (Å²) in [5.74, 6) is -0.164. The Morgan fingerprint density at radius 3 is 2.61 bits per heavy atom. The third kappa shape index (κ3) is 5.21. The number of nitro groups is 1. The molecule has 1 saturated heterocycles. The number of nitrogens with zero attached hydrogens (tertiary/aromatic N) is 2. The van der Waals surface area contributed by atoms with Gasteiger partial charge in [0.1, 0.15) is 5.56 Å². The first kappa shape index (κ1) is 21.9. The Kier molecular flexibility index (Phi) is 6.91. The number of hydrogen-bond acceptors (Lipinski definition) is 7. The van der Waals surface area contributed by atoms with Crippen molar-refractivity contribution in [2.24, 2.45) is 0 Å². The van der Waals surface area contributed by atoms with Crippen LogP contribution in [-0.2, 0) is 11.3 Å². The maximum absolute atomic E-state index is 12.7. The Balaban J connectivity index is 1.71. The zero-order valence-corrected chi connectivity index (χ0v) is 17.3. The fourth-order valence-electron chi connectivity index (χ4n) is 3.27. The van der Waals surface area contributed by atoms with Crippen molar-refractivity contribution >= 4 is 23.2 Å². The van der Waals surface area contributed by atoms with Gasteiger partial charge < -0.3 is 25.0 Å².